The van der Waals surface area contributed by atoms with Crippen molar-refractivity contribution in [2.75, 3.05) is 18.4 Å². The van der Waals surface area contributed by atoms with Crippen molar-refractivity contribution in [3.8, 4) is 0 Å². The van der Waals surface area contributed by atoms with Crippen molar-refractivity contribution in [3.63, 3.8) is 0 Å². The molecule has 144 valence electrons. The average Bonchev–Trinajstić information content (AvgIpc) is 3.19. The molecule has 1 fully saturated rings. The Morgan fingerprint density at radius 3 is 2.44 bits per heavy atom. The van der Waals surface area contributed by atoms with Crippen molar-refractivity contribution in [2.45, 2.75) is 44.9 Å². The first-order chi connectivity index (χ1) is 12.8. The van der Waals surface area contributed by atoms with Crippen LogP contribution in [0.5, 0.6) is 0 Å². The number of nitrogens with zero attached hydrogens (tertiary/aromatic N) is 1. The minimum Gasteiger partial charge on any atom is -0.321 e. The van der Waals surface area contributed by atoms with Crippen LogP contribution in [0.25, 0.3) is 0 Å². The minimum absolute atomic E-state index is 0.181. The maximum atomic E-state index is 12.9. The van der Waals surface area contributed by atoms with E-state index in [0.717, 1.165) is 41.6 Å². The molecule has 0 aliphatic carbocycles. The van der Waals surface area contributed by atoms with Crippen LogP contribution >= 0.6 is 0 Å². The van der Waals surface area contributed by atoms with E-state index in [-0.39, 0.29) is 10.8 Å². The van der Waals surface area contributed by atoms with Gasteiger partial charge in [0, 0.05) is 24.3 Å². The van der Waals surface area contributed by atoms with Crippen LogP contribution in [0.2, 0.25) is 0 Å². The van der Waals surface area contributed by atoms with E-state index < -0.39 is 10.0 Å². The molecule has 27 heavy (non-hydrogen) atoms. The van der Waals surface area contributed by atoms with Crippen LogP contribution in [-0.4, -0.2) is 31.7 Å². The highest BCUT2D eigenvalue weighted by Gasteiger charge is 2.28. The van der Waals surface area contributed by atoms with Crippen LogP contribution < -0.4 is 5.32 Å². The Labute approximate surface area is 161 Å². The van der Waals surface area contributed by atoms with Crippen molar-refractivity contribution in [2.24, 2.45) is 0 Å². The Balaban J connectivity index is 1.94. The quantitative estimate of drug-likeness (QED) is 0.847. The summed E-state index contributed by atoms with van der Waals surface area (Å²) in [5, 5.41) is 2.99. The Kier molecular flexibility index (Phi) is 5.67. The lowest BCUT2D eigenvalue weighted by molar-refractivity contribution is 0.102. The molecular formula is C21H26N2O3S. The van der Waals surface area contributed by atoms with Gasteiger partial charge in [0.25, 0.3) is 5.91 Å². The fraction of sp³-hybridized carbons (Fsp3) is 0.381. The predicted molar refractivity (Wildman–Crippen MR) is 108 cm³/mol. The highest BCUT2D eigenvalue weighted by molar-refractivity contribution is 7.89. The van der Waals surface area contributed by atoms with Gasteiger partial charge in [0.1, 0.15) is 0 Å². The maximum Gasteiger partial charge on any atom is 0.255 e. The highest BCUT2D eigenvalue weighted by Crippen LogP contribution is 2.25. The summed E-state index contributed by atoms with van der Waals surface area (Å²) in [6, 6.07) is 10.7. The van der Waals surface area contributed by atoms with Gasteiger partial charge in [-0.25, -0.2) is 8.42 Å². The van der Waals surface area contributed by atoms with Crippen molar-refractivity contribution in [1.29, 1.82) is 0 Å². The molecule has 5 nitrogen and oxygen atoms in total. The molecule has 0 radical (unpaired) electrons. The van der Waals surface area contributed by atoms with Crippen molar-refractivity contribution in [1.82, 2.24) is 4.31 Å². The van der Waals surface area contributed by atoms with Gasteiger partial charge in [-0.15, -0.1) is 0 Å². The zero-order valence-corrected chi connectivity index (χ0v) is 16.9. The lowest BCUT2D eigenvalue weighted by atomic mass is 10.0. The second-order valence-corrected chi connectivity index (χ2v) is 8.94. The van der Waals surface area contributed by atoms with Gasteiger partial charge >= 0.3 is 0 Å². The van der Waals surface area contributed by atoms with Crippen LogP contribution in [0.3, 0.4) is 0 Å². The maximum absolute atomic E-state index is 12.9. The summed E-state index contributed by atoms with van der Waals surface area (Å²) in [4.78, 5) is 13.1. The number of benzene rings is 2. The molecule has 1 heterocycles. The lowest BCUT2D eigenvalue weighted by Crippen LogP contribution is -2.28. The first-order valence-electron chi connectivity index (χ1n) is 9.35. The summed E-state index contributed by atoms with van der Waals surface area (Å²) >= 11 is 0. The summed E-state index contributed by atoms with van der Waals surface area (Å²) in [7, 11) is -3.55. The Morgan fingerprint density at radius 1 is 1.07 bits per heavy atom. The van der Waals surface area contributed by atoms with Crippen LogP contribution in [-0.2, 0) is 16.4 Å². The molecule has 0 unspecified atom stereocenters. The second-order valence-electron chi connectivity index (χ2n) is 7.00. The van der Waals surface area contributed by atoms with E-state index in [4.69, 9.17) is 0 Å². The molecule has 6 heteroatoms. The molecule has 0 saturated carbocycles. The third-order valence-corrected chi connectivity index (χ3v) is 7.03. The van der Waals surface area contributed by atoms with E-state index in [1.165, 1.54) is 10.4 Å². The van der Waals surface area contributed by atoms with E-state index in [1.807, 2.05) is 39.0 Å². The van der Waals surface area contributed by atoms with Gasteiger partial charge in [-0.1, -0.05) is 31.2 Å². The van der Waals surface area contributed by atoms with E-state index in [0.29, 0.717) is 18.7 Å². The standard InChI is InChI=1S/C21H26N2O3S/c1-4-17-9-7-8-16(3)20(17)22-21(24)19-14-18(11-10-15(19)2)27(25,26)23-12-5-6-13-23/h7-11,14H,4-6,12-13H2,1-3H3,(H,22,24). The number of sulfonamides is 1. The van der Waals surface area contributed by atoms with Gasteiger partial charge in [-0.05, 0) is 61.9 Å². The molecular weight excluding hydrogens is 360 g/mol. The van der Waals surface area contributed by atoms with E-state index in [9.17, 15) is 13.2 Å². The lowest BCUT2D eigenvalue weighted by Gasteiger charge is -2.17. The third-order valence-electron chi connectivity index (χ3n) is 5.13. The van der Waals surface area contributed by atoms with Gasteiger partial charge < -0.3 is 5.32 Å². The molecule has 2 aromatic carbocycles. The van der Waals surface area contributed by atoms with Crippen molar-refractivity contribution in [3.05, 3.63) is 58.7 Å². The normalized spacial score (nSPS) is 15.1. The van der Waals surface area contributed by atoms with Gasteiger partial charge in [0.2, 0.25) is 10.0 Å². The van der Waals surface area contributed by atoms with E-state index in [2.05, 4.69) is 5.32 Å². The number of carbonyl (C=O) groups is 1. The Hall–Kier alpha value is -2.18. The monoisotopic (exact) mass is 386 g/mol. The summed E-state index contributed by atoms with van der Waals surface area (Å²) in [5.41, 5.74) is 3.99. The van der Waals surface area contributed by atoms with Crippen molar-refractivity contribution < 1.29 is 13.2 Å². The SMILES string of the molecule is CCc1cccc(C)c1NC(=O)c1cc(S(=O)(=O)N2CCCC2)ccc1C. The molecule has 0 spiro atoms. The first kappa shape index (κ1) is 19.6. The molecule has 0 bridgehead atoms. The number of rotatable bonds is 5. The summed E-state index contributed by atoms with van der Waals surface area (Å²) < 4.78 is 27.2. The molecule has 1 saturated heterocycles. The average molecular weight is 387 g/mol. The van der Waals surface area contributed by atoms with E-state index in [1.54, 1.807) is 12.1 Å². The number of carbonyl (C=O) groups excluding carboxylic acids is 1. The topological polar surface area (TPSA) is 66.5 Å². The molecule has 1 amide bonds. The van der Waals surface area contributed by atoms with Gasteiger partial charge in [0.05, 0.1) is 4.90 Å². The molecule has 2 aromatic rings. The van der Waals surface area contributed by atoms with Gasteiger partial charge in [0.15, 0.2) is 0 Å². The smallest absolute Gasteiger partial charge is 0.255 e. The number of hydrogen-bond donors (Lipinski definition) is 1. The second kappa shape index (κ2) is 7.82. The Morgan fingerprint density at radius 2 is 1.78 bits per heavy atom. The molecule has 1 aliphatic rings. The molecule has 0 aromatic heterocycles. The van der Waals surface area contributed by atoms with E-state index >= 15 is 0 Å². The molecule has 3 rings (SSSR count). The summed E-state index contributed by atoms with van der Waals surface area (Å²) in [6.07, 6.45) is 2.57. The fourth-order valence-electron chi connectivity index (χ4n) is 3.47. The predicted octanol–water partition coefficient (Wildman–Crippen LogP) is 3.90. The fourth-order valence-corrected chi connectivity index (χ4v) is 5.01. The van der Waals surface area contributed by atoms with Gasteiger partial charge in [-0.2, -0.15) is 4.31 Å². The van der Waals surface area contributed by atoms with Crippen LogP contribution in [0.4, 0.5) is 5.69 Å². The number of para-hydroxylation sites is 1. The number of anilines is 1. The van der Waals surface area contributed by atoms with Gasteiger partial charge in [-0.3, -0.25) is 4.79 Å². The van der Waals surface area contributed by atoms with Crippen LogP contribution in [0, 0.1) is 13.8 Å². The summed E-state index contributed by atoms with van der Waals surface area (Å²) in [6.45, 7) is 6.90. The highest BCUT2D eigenvalue weighted by atomic mass is 32.2. The third kappa shape index (κ3) is 3.92. The number of amides is 1. The number of aryl methyl sites for hydroxylation is 3. The molecule has 1 N–H and O–H groups in total. The molecule has 1 aliphatic heterocycles. The largest absolute Gasteiger partial charge is 0.321 e. The van der Waals surface area contributed by atoms with Crippen LogP contribution in [0.15, 0.2) is 41.3 Å². The molecule has 0 atom stereocenters. The zero-order chi connectivity index (χ0) is 19.6. The number of hydrogen-bond acceptors (Lipinski definition) is 3. The zero-order valence-electron chi connectivity index (χ0n) is 16.1. The number of nitrogens with one attached hydrogen (secondary N) is 1. The summed E-state index contributed by atoms with van der Waals surface area (Å²) in [5.74, 6) is -0.282. The Bertz CT molecular complexity index is 961. The minimum atomic E-state index is -3.55. The van der Waals surface area contributed by atoms with Crippen LogP contribution in [0.1, 0.15) is 46.8 Å². The van der Waals surface area contributed by atoms with Crippen molar-refractivity contribution >= 4 is 21.6 Å². The first-order valence-corrected chi connectivity index (χ1v) is 10.8.